The second-order valence-electron chi connectivity index (χ2n) is 6.98. The summed E-state index contributed by atoms with van der Waals surface area (Å²) < 4.78 is 13.3. The fourth-order valence-corrected chi connectivity index (χ4v) is 4.08. The van der Waals surface area contributed by atoms with Gasteiger partial charge in [0.1, 0.15) is 11.6 Å². The number of anilines is 2. The highest BCUT2D eigenvalue weighted by Crippen LogP contribution is 2.19. The van der Waals surface area contributed by atoms with Crippen LogP contribution in [-0.4, -0.2) is 47.9 Å². The van der Waals surface area contributed by atoms with Crippen molar-refractivity contribution in [1.82, 2.24) is 9.88 Å². The highest BCUT2D eigenvalue weighted by atomic mass is 32.1. The molecule has 1 aromatic carbocycles. The maximum Gasteiger partial charge on any atom is 0.263 e. The lowest BCUT2D eigenvalue weighted by atomic mass is 10.2. The fourth-order valence-electron chi connectivity index (χ4n) is 3.39. The lowest BCUT2D eigenvalue weighted by Gasteiger charge is -2.22. The lowest BCUT2D eigenvalue weighted by Crippen LogP contribution is -2.35. The normalized spacial score (nSPS) is 14.3. The van der Waals surface area contributed by atoms with Crippen LogP contribution in [0.15, 0.2) is 60.1 Å². The number of benzene rings is 1. The number of thiophene rings is 1. The molecule has 2 aromatic heterocycles. The van der Waals surface area contributed by atoms with Gasteiger partial charge in [-0.15, -0.1) is 11.3 Å². The number of nitrogens with zero attached hydrogens (tertiary/aromatic N) is 3. The van der Waals surface area contributed by atoms with Gasteiger partial charge in [-0.3, -0.25) is 9.59 Å². The van der Waals surface area contributed by atoms with Gasteiger partial charge in [0.15, 0.2) is 0 Å². The number of halogens is 1. The third-order valence-electron chi connectivity index (χ3n) is 4.93. The summed E-state index contributed by atoms with van der Waals surface area (Å²) in [5.41, 5.74) is 0.791. The second-order valence-corrected chi connectivity index (χ2v) is 7.93. The van der Waals surface area contributed by atoms with E-state index in [9.17, 15) is 14.0 Å². The average molecular weight is 425 g/mol. The van der Waals surface area contributed by atoms with Crippen LogP contribution in [0.2, 0.25) is 0 Å². The Labute approximate surface area is 178 Å². The van der Waals surface area contributed by atoms with Gasteiger partial charge in [0.2, 0.25) is 0 Å². The monoisotopic (exact) mass is 424 g/mol. The van der Waals surface area contributed by atoms with E-state index >= 15 is 0 Å². The summed E-state index contributed by atoms with van der Waals surface area (Å²) in [6, 6.07) is 12.9. The van der Waals surface area contributed by atoms with Crippen LogP contribution in [0.1, 0.15) is 26.5 Å². The second kappa shape index (κ2) is 9.04. The molecule has 0 radical (unpaired) electrons. The third kappa shape index (κ3) is 4.65. The smallest absolute Gasteiger partial charge is 0.263 e. The number of hydrogen-bond donors (Lipinski definition) is 1. The van der Waals surface area contributed by atoms with Crippen LogP contribution < -0.4 is 10.2 Å². The van der Waals surface area contributed by atoms with Gasteiger partial charge < -0.3 is 15.1 Å². The Morgan fingerprint density at radius 2 is 1.93 bits per heavy atom. The Kier molecular flexibility index (Phi) is 6.04. The molecule has 0 unspecified atom stereocenters. The molecule has 0 spiro atoms. The van der Waals surface area contributed by atoms with Crippen LogP contribution in [0.4, 0.5) is 15.9 Å². The molecular formula is C22H21FN4O2S. The first-order chi connectivity index (χ1) is 14.6. The molecule has 30 heavy (non-hydrogen) atoms. The zero-order valence-electron chi connectivity index (χ0n) is 16.3. The number of nitrogens with one attached hydrogen (secondary N) is 1. The molecule has 154 valence electrons. The first kappa shape index (κ1) is 20.0. The maximum atomic E-state index is 13.3. The summed E-state index contributed by atoms with van der Waals surface area (Å²) in [4.78, 5) is 34.1. The Morgan fingerprint density at radius 1 is 1.03 bits per heavy atom. The molecule has 8 heteroatoms. The molecule has 1 aliphatic heterocycles. The highest BCUT2D eigenvalue weighted by Gasteiger charge is 2.21. The Hall–Kier alpha value is -3.26. The molecule has 1 N–H and O–H groups in total. The number of amides is 2. The molecule has 3 aromatic rings. The minimum Gasteiger partial charge on any atom is -0.355 e. The minimum absolute atomic E-state index is 0.0789. The third-order valence-corrected chi connectivity index (χ3v) is 5.79. The standard InChI is InChI=1S/C22H21FN4O2S/c23-17-5-1-4-16(14-17)21(28)25-18-7-8-20(24-15-18)26-9-3-10-27(12-11-26)22(29)19-6-2-13-30-19/h1-2,4-8,13-15H,3,9-12H2,(H,25,28). The summed E-state index contributed by atoms with van der Waals surface area (Å²) >= 11 is 1.46. The highest BCUT2D eigenvalue weighted by molar-refractivity contribution is 7.12. The van der Waals surface area contributed by atoms with Gasteiger partial charge in [-0.2, -0.15) is 0 Å². The van der Waals surface area contributed by atoms with Gasteiger partial charge in [0.25, 0.3) is 11.8 Å². The van der Waals surface area contributed by atoms with Crippen molar-refractivity contribution < 1.29 is 14.0 Å². The summed E-state index contributed by atoms with van der Waals surface area (Å²) in [5.74, 6) is 0.0323. The van der Waals surface area contributed by atoms with E-state index in [1.165, 1.54) is 29.5 Å². The van der Waals surface area contributed by atoms with Crippen molar-refractivity contribution in [2.24, 2.45) is 0 Å². The number of carbonyl (C=O) groups excluding carboxylic acids is 2. The quantitative estimate of drug-likeness (QED) is 0.690. The molecule has 3 heterocycles. The summed E-state index contributed by atoms with van der Waals surface area (Å²) in [7, 11) is 0. The molecular weight excluding hydrogens is 403 g/mol. The zero-order valence-corrected chi connectivity index (χ0v) is 17.1. The van der Waals surface area contributed by atoms with Crippen molar-refractivity contribution in [3.05, 3.63) is 76.4 Å². The van der Waals surface area contributed by atoms with Crippen LogP contribution in [0, 0.1) is 5.82 Å². The van der Waals surface area contributed by atoms with E-state index in [2.05, 4.69) is 15.2 Å². The van der Waals surface area contributed by atoms with Crippen LogP contribution in [-0.2, 0) is 0 Å². The van der Waals surface area contributed by atoms with Crippen molar-refractivity contribution in [1.29, 1.82) is 0 Å². The van der Waals surface area contributed by atoms with Gasteiger partial charge in [0.05, 0.1) is 16.8 Å². The Morgan fingerprint density at radius 3 is 2.67 bits per heavy atom. The van der Waals surface area contributed by atoms with E-state index in [0.29, 0.717) is 18.8 Å². The van der Waals surface area contributed by atoms with Crippen molar-refractivity contribution in [3.8, 4) is 0 Å². The molecule has 0 atom stereocenters. The summed E-state index contributed by atoms with van der Waals surface area (Å²) in [6.07, 6.45) is 2.45. The van der Waals surface area contributed by atoms with Gasteiger partial charge in [-0.1, -0.05) is 12.1 Å². The lowest BCUT2D eigenvalue weighted by molar-refractivity contribution is 0.0771. The van der Waals surface area contributed by atoms with Crippen LogP contribution in [0.25, 0.3) is 0 Å². The molecule has 0 aliphatic carbocycles. The van der Waals surface area contributed by atoms with Crippen molar-refractivity contribution in [3.63, 3.8) is 0 Å². The summed E-state index contributed by atoms with van der Waals surface area (Å²) in [5, 5.41) is 4.64. The van der Waals surface area contributed by atoms with Crippen molar-refractivity contribution in [2.75, 3.05) is 36.4 Å². The van der Waals surface area contributed by atoms with Crippen LogP contribution in [0.5, 0.6) is 0 Å². The van der Waals surface area contributed by atoms with Gasteiger partial charge >= 0.3 is 0 Å². The first-order valence-electron chi connectivity index (χ1n) is 9.71. The molecule has 0 saturated carbocycles. The summed E-state index contributed by atoms with van der Waals surface area (Å²) in [6.45, 7) is 2.85. The van der Waals surface area contributed by atoms with E-state index in [4.69, 9.17) is 0 Å². The molecule has 1 saturated heterocycles. The maximum absolute atomic E-state index is 13.3. The Bertz CT molecular complexity index is 1020. The first-order valence-corrected chi connectivity index (χ1v) is 10.6. The molecule has 1 aliphatic rings. The molecule has 0 bridgehead atoms. The number of hydrogen-bond acceptors (Lipinski definition) is 5. The molecule has 2 amide bonds. The van der Waals surface area contributed by atoms with E-state index in [-0.39, 0.29) is 17.4 Å². The Balaban J connectivity index is 1.37. The molecule has 1 fully saturated rings. The number of rotatable bonds is 4. The van der Waals surface area contributed by atoms with Crippen LogP contribution in [0.3, 0.4) is 0 Å². The molecule has 4 rings (SSSR count). The van der Waals surface area contributed by atoms with Gasteiger partial charge in [-0.05, 0) is 48.2 Å². The SMILES string of the molecule is O=C(Nc1ccc(N2CCCN(C(=O)c3cccs3)CC2)nc1)c1cccc(F)c1. The average Bonchev–Trinajstić information content (AvgIpc) is 3.19. The van der Waals surface area contributed by atoms with Crippen LogP contribution >= 0.6 is 11.3 Å². The number of carbonyl (C=O) groups is 2. The predicted octanol–water partition coefficient (Wildman–Crippen LogP) is 3.89. The number of aromatic nitrogens is 1. The fraction of sp³-hybridized carbons (Fsp3) is 0.227. The van der Waals surface area contributed by atoms with Crippen molar-refractivity contribution in [2.45, 2.75) is 6.42 Å². The topological polar surface area (TPSA) is 65.5 Å². The van der Waals surface area contributed by atoms with E-state index in [1.54, 1.807) is 18.3 Å². The zero-order chi connectivity index (χ0) is 20.9. The largest absolute Gasteiger partial charge is 0.355 e. The number of pyridine rings is 1. The van der Waals surface area contributed by atoms with E-state index in [1.807, 2.05) is 28.5 Å². The minimum atomic E-state index is -0.455. The van der Waals surface area contributed by atoms with Gasteiger partial charge in [-0.25, -0.2) is 9.37 Å². The van der Waals surface area contributed by atoms with E-state index in [0.717, 1.165) is 30.2 Å². The molecule has 6 nitrogen and oxygen atoms in total. The predicted molar refractivity (Wildman–Crippen MR) is 116 cm³/mol. The van der Waals surface area contributed by atoms with Gasteiger partial charge in [0, 0.05) is 31.7 Å². The van der Waals surface area contributed by atoms with Crippen molar-refractivity contribution >= 4 is 34.7 Å². The van der Waals surface area contributed by atoms with E-state index < -0.39 is 5.82 Å².